The molecule has 0 aliphatic heterocycles. The molecule has 10 heavy (non-hydrogen) atoms. The molecule has 1 unspecified atom stereocenters. The second-order valence-electron chi connectivity index (χ2n) is 2.20. The molecular weight excluding hydrogens is 194 g/mol. The third-order valence-electron chi connectivity index (χ3n) is 1.24. The van der Waals surface area contributed by atoms with E-state index in [0.29, 0.717) is 0 Å². The van der Waals surface area contributed by atoms with Crippen LogP contribution in [0.25, 0.3) is 0 Å². The summed E-state index contributed by atoms with van der Waals surface area (Å²) in [7, 11) is 0. The first kappa shape index (κ1) is 7.75. The molecule has 0 saturated carbocycles. The molecule has 0 aromatic carbocycles. The standard InChI is InChI=1S/C6H10BrN3/c7-2-5(8)1-6-3-9-4-10-6/h3-5H,1-2,8H2,(H,9,10). The van der Waals surface area contributed by atoms with Crippen LogP contribution in [0.2, 0.25) is 0 Å². The molecule has 56 valence electrons. The Balaban J connectivity index is 2.40. The lowest BCUT2D eigenvalue weighted by Crippen LogP contribution is -2.24. The molecule has 3 N–H and O–H groups in total. The van der Waals surface area contributed by atoms with Crippen LogP contribution in [0.15, 0.2) is 12.5 Å². The average Bonchev–Trinajstić information content (AvgIpc) is 2.40. The quantitative estimate of drug-likeness (QED) is 0.711. The number of alkyl halides is 1. The monoisotopic (exact) mass is 203 g/mol. The second-order valence-corrected chi connectivity index (χ2v) is 2.84. The van der Waals surface area contributed by atoms with Gasteiger partial charge >= 0.3 is 0 Å². The van der Waals surface area contributed by atoms with Gasteiger partial charge in [-0.25, -0.2) is 4.98 Å². The van der Waals surface area contributed by atoms with Gasteiger partial charge in [-0.05, 0) is 0 Å². The van der Waals surface area contributed by atoms with Crippen LogP contribution in [0, 0.1) is 0 Å². The molecule has 0 radical (unpaired) electrons. The summed E-state index contributed by atoms with van der Waals surface area (Å²) in [5.41, 5.74) is 6.76. The first-order valence-corrected chi connectivity index (χ1v) is 4.24. The van der Waals surface area contributed by atoms with Crippen LogP contribution >= 0.6 is 15.9 Å². The number of aromatic nitrogens is 2. The maximum Gasteiger partial charge on any atom is 0.0921 e. The van der Waals surface area contributed by atoms with Crippen molar-refractivity contribution in [2.75, 3.05) is 5.33 Å². The van der Waals surface area contributed by atoms with Crippen molar-refractivity contribution in [3.8, 4) is 0 Å². The van der Waals surface area contributed by atoms with E-state index in [4.69, 9.17) is 5.73 Å². The van der Waals surface area contributed by atoms with Gasteiger partial charge in [0.05, 0.1) is 6.33 Å². The summed E-state index contributed by atoms with van der Waals surface area (Å²) in [6, 6.07) is 0.181. The third kappa shape index (κ3) is 2.11. The second kappa shape index (κ2) is 3.73. The van der Waals surface area contributed by atoms with Crippen LogP contribution in [0.5, 0.6) is 0 Å². The van der Waals surface area contributed by atoms with E-state index in [9.17, 15) is 0 Å². The Morgan fingerprint density at radius 1 is 1.80 bits per heavy atom. The molecule has 1 rings (SSSR count). The zero-order chi connectivity index (χ0) is 7.40. The molecule has 1 atom stereocenters. The average molecular weight is 204 g/mol. The molecule has 0 saturated heterocycles. The molecule has 1 heterocycles. The van der Waals surface area contributed by atoms with Crippen molar-refractivity contribution in [3.05, 3.63) is 18.2 Å². The zero-order valence-electron chi connectivity index (χ0n) is 5.55. The van der Waals surface area contributed by atoms with Crippen LogP contribution in [-0.2, 0) is 6.42 Å². The van der Waals surface area contributed by atoms with Crippen molar-refractivity contribution in [2.24, 2.45) is 5.73 Å². The SMILES string of the molecule is NC(CBr)Cc1cnc[nH]1. The summed E-state index contributed by atoms with van der Waals surface area (Å²) in [5.74, 6) is 0. The summed E-state index contributed by atoms with van der Waals surface area (Å²) in [6.45, 7) is 0. The number of nitrogens with zero attached hydrogens (tertiary/aromatic N) is 1. The summed E-state index contributed by atoms with van der Waals surface area (Å²) in [5, 5.41) is 0.825. The largest absolute Gasteiger partial charge is 0.348 e. The summed E-state index contributed by atoms with van der Waals surface area (Å²) in [6.07, 6.45) is 4.31. The van der Waals surface area contributed by atoms with E-state index in [1.165, 1.54) is 0 Å². The van der Waals surface area contributed by atoms with Crippen LogP contribution in [-0.4, -0.2) is 21.3 Å². The Morgan fingerprint density at radius 3 is 3.10 bits per heavy atom. The maximum absolute atomic E-state index is 5.67. The van der Waals surface area contributed by atoms with Gasteiger partial charge < -0.3 is 10.7 Å². The number of halogens is 1. The van der Waals surface area contributed by atoms with Gasteiger partial charge in [0.25, 0.3) is 0 Å². The van der Waals surface area contributed by atoms with Gasteiger partial charge in [0.15, 0.2) is 0 Å². The van der Waals surface area contributed by atoms with Crippen LogP contribution < -0.4 is 5.73 Å². The number of imidazole rings is 1. The van der Waals surface area contributed by atoms with Gasteiger partial charge in [-0.2, -0.15) is 0 Å². The number of rotatable bonds is 3. The lowest BCUT2D eigenvalue weighted by atomic mass is 10.2. The molecule has 4 heteroatoms. The van der Waals surface area contributed by atoms with Crippen molar-refractivity contribution in [1.29, 1.82) is 0 Å². The molecule has 0 bridgehead atoms. The van der Waals surface area contributed by atoms with E-state index in [-0.39, 0.29) is 6.04 Å². The Bertz CT molecular complexity index is 173. The highest BCUT2D eigenvalue weighted by molar-refractivity contribution is 9.09. The minimum atomic E-state index is 0.181. The van der Waals surface area contributed by atoms with E-state index in [0.717, 1.165) is 17.4 Å². The molecular formula is C6H10BrN3. The first-order valence-electron chi connectivity index (χ1n) is 3.11. The molecule has 1 aromatic heterocycles. The summed E-state index contributed by atoms with van der Waals surface area (Å²) < 4.78 is 0. The number of nitrogens with two attached hydrogens (primary N) is 1. The van der Waals surface area contributed by atoms with E-state index < -0.39 is 0 Å². The van der Waals surface area contributed by atoms with Crippen LogP contribution in [0.4, 0.5) is 0 Å². The van der Waals surface area contributed by atoms with Gasteiger partial charge in [-0.15, -0.1) is 0 Å². The molecule has 0 amide bonds. The fourth-order valence-corrected chi connectivity index (χ4v) is 0.962. The highest BCUT2D eigenvalue weighted by Gasteiger charge is 2.01. The Morgan fingerprint density at radius 2 is 2.60 bits per heavy atom. The van der Waals surface area contributed by atoms with Crippen LogP contribution in [0.3, 0.4) is 0 Å². The first-order chi connectivity index (χ1) is 4.83. The lowest BCUT2D eigenvalue weighted by Gasteiger charge is -2.03. The van der Waals surface area contributed by atoms with Gasteiger partial charge in [-0.3, -0.25) is 0 Å². The molecule has 0 aliphatic carbocycles. The minimum Gasteiger partial charge on any atom is -0.348 e. The highest BCUT2D eigenvalue weighted by Crippen LogP contribution is 1.97. The van der Waals surface area contributed by atoms with E-state index >= 15 is 0 Å². The predicted octanol–water partition coefficient (Wildman–Crippen LogP) is 0.674. The van der Waals surface area contributed by atoms with Gasteiger partial charge in [0, 0.05) is 29.7 Å². The van der Waals surface area contributed by atoms with E-state index in [1.54, 1.807) is 12.5 Å². The fraction of sp³-hybridized carbons (Fsp3) is 0.500. The van der Waals surface area contributed by atoms with E-state index in [1.807, 2.05) is 0 Å². The number of H-pyrrole nitrogens is 1. The van der Waals surface area contributed by atoms with Gasteiger partial charge in [0.1, 0.15) is 0 Å². The molecule has 1 aromatic rings. The lowest BCUT2D eigenvalue weighted by molar-refractivity contribution is 0.740. The van der Waals surface area contributed by atoms with Crippen molar-refractivity contribution in [2.45, 2.75) is 12.5 Å². The van der Waals surface area contributed by atoms with Crippen LogP contribution in [0.1, 0.15) is 5.69 Å². The topological polar surface area (TPSA) is 54.7 Å². The van der Waals surface area contributed by atoms with Gasteiger partial charge in [-0.1, -0.05) is 15.9 Å². The van der Waals surface area contributed by atoms with Crippen molar-refractivity contribution >= 4 is 15.9 Å². The van der Waals surface area contributed by atoms with Crippen molar-refractivity contribution < 1.29 is 0 Å². The van der Waals surface area contributed by atoms with Gasteiger partial charge in [0.2, 0.25) is 0 Å². The molecule has 0 spiro atoms. The fourth-order valence-electron chi connectivity index (χ4n) is 0.733. The Labute approximate surface area is 68.2 Å². The number of hydrogen-bond acceptors (Lipinski definition) is 2. The highest BCUT2D eigenvalue weighted by atomic mass is 79.9. The molecule has 0 fully saturated rings. The normalized spacial score (nSPS) is 13.4. The van der Waals surface area contributed by atoms with Crippen molar-refractivity contribution in [3.63, 3.8) is 0 Å². The predicted molar refractivity (Wildman–Crippen MR) is 44.1 cm³/mol. The molecule has 0 aliphatic rings. The maximum atomic E-state index is 5.67. The number of nitrogens with one attached hydrogen (secondary N) is 1. The molecule has 3 nitrogen and oxygen atoms in total. The Hall–Kier alpha value is -0.350. The Kier molecular flexibility index (Phi) is 2.89. The number of hydrogen-bond donors (Lipinski definition) is 2. The number of aromatic amines is 1. The van der Waals surface area contributed by atoms with E-state index in [2.05, 4.69) is 25.9 Å². The van der Waals surface area contributed by atoms with Crippen molar-refractivity contribution in [1.82, 2.24) is 9.97 Å². The summed E-state index contributed by atoms with van der Waals surface area (Å²) >= 11 is 3.30. The summed E-state index contributed by atoms with van der Waals surface area (Å²) in [4.78, 5) is 6.87. The smallest absolute Gasteiger partial charge is 0.0921 e. The third-order valence-corrected chi connectivity index (χ3v) is 2.07. The zero-order valence-corrected chi connectivity index (χ0v) is 7.13. The minimum absolute atomic E-state index is 0.181.